The van der Waals surface area contributed by atoms with Gasteiger partial charge in [-0.05, 0) is 31.2 Å². The van der Waals surface area contributed by atoms with Crippen LogP contribution in [0.5, 0.6) is 0 Å². The van der Waals surface area contributed by atoms with Gasteiger partial charge in [0.2, 0.25) is 0 Å². The second kappa shape index (κ2) is 9.25. The lowest BCUT2D eigenvalue weighted by molar-refractivity contribution is -0.385. The highest BCUT2D eigenvalue weighted by Gasteiger charge is 2.31. The van der Waals surface area contributed by atoms with Gasteiger partial charge >= 0.3 is 12.1 Å². The molecule has 0 N–H and O–H groups in total. The molecule has 2 aromatic carbocycles. The van der Waals surface area contributed by atoms with Gasteiger partial charge in [-0.3, -0.25) is 14.9 Å². The Kier molecular flexibility index (Phi) is 6.66. The number of carbonyl (C=O) groups is 2. The van der Waals surface area contributed by atoms with E-state index in [2.05, 4.69) is 0 Å². The number of esters is 1. The molecule has 1 heterocycles. The van der Waals surface area contributed by atoms with Crippen LogP contribution in [0.25, 0.3) is 0 Å². The van der Waals surface area contributed by atoms with Crippen LogP contribution < -0.4 is 4.90 Å². The SMILES string of the molecule is Cc1ccc(C(=O)OCC(=O)N2CCN(c3cccc(C(F)(F)F)c3)CC2)cc1[N+](=O)[O-]. The average molecular weight is 451 g/mol. The summed E-state index contributed by atoms with van der Waals surface area (Å²) in [7, 11) is 0. The lowest BCUT2D eigenvalue weighted by Crippen LogP contribution is -2.50. The third-order valence-electron chi connectivity index (χ3n) is 5.14. The molecule has 1 saturated heterocycles. The molecular weight excluding hydrogens is 431 g/mol. The quantitative estimate of drug-likeness (QED) is 0.393. The van der Waals surface area contributed by atoms with Gasteiger partial charge in [0.1, 0.15) is 0 Å². The van der Waals surface area contributed by atoms with Gasteiger partial charge in [0, 0.05) is 43.5 Å². The van der Waals surface area contributed by atoms with E-state index in [-0.39, 0.29) is 24.3 Å². The lowest BCUT2D eigenvalue weighted by Gasteiger charge is -2.36. The van der Waals surface area contributed by atoms with Crippen molar-refractivity contribution in [2.75, 3.05) is 37.7 Å². The minimum atomic E-state index is -4.43. The van der Waals surface area contributed by atoms with Crippen molar-refractivity contribution in [1.29, 1.82) is 0 Å². The molecule has 1 aliphatic heterocycles. The highest BCUT2D eigenvalue weighted by molar-refractivity contribution is 5.92. The van der Waals surface area contributed by atoms with E-state index in [0.717, 1.165) is 18.2 Å². The Balaban J connectivity index is 1.53. The van der Waals surface area contributed by atoms with Gasteiger partial charge in [0.05, 0.1) is 16.1 Å². The van der Waals surface area contributed by atoms with E-state index in [1.807, 2.05) is 0 Å². The van der Waals surface area contributed by atoms with E-state index in [9.17, 15) is 32.9 Å². The first-order chi connectivity index (χ1) is 15.1. The van der Waals surface area contributed by atoms with E-state index in [0.29, 0.717) is 24.3 Å². The van der Waals surface area contributed by atoms with Gasteiger partial charge in [-0.25, -0.2) is 4.79 Å². The van der Waals surface area contributed by atoms with E-state index < -0.39 is 35.1 Å². The molecule has 1 aliphatic rings. The minimum absolute atomic E-state index is 0.0375. The van der Waals surface area contributed by atoms with Crippen molar-refractivity contribution in [2.45, 2.75) is 13.1 Å². The minimum Gasteiger partial charge on any atom is -0.452 e. The number of nitro groups is 1. The molecule has 11 heteroatoms. The predicted octanol–water partition coefficient (Wildman–Crippen LogP) is 3.43. The summed E-state index contributed by atoms with van der Waals surface area (Å²) in [5.41, 5.74) is -0.196. The molecule has 0 radical (unpaired) electrons. The van der Waals surface area contributed by atoms with Gasteiger partial charge < -0.3 is 14.5 Å². The zero-order valence-corrected chi connectivity index (χ0v) is 17.1. The summed E-state index contributed by atoms with van der Waals surface area (Å²) in [4.78, 5) is 38.1. The number of alkyl halides is 3. The summed E-state index contributed by atoms with van der Waals surface area (Å²) in [6.07, 6.45) is -4.43. The molecule has 0 unspecified atom stereocenters. The molecular formula is C21H20F3N3O5. The molecule has 170 valence electrons. The fraction of sp³-hybridized carbons (Fsp3) is 0.333. The Labute approximate surface area is 181 Å². The molecule has 0 saturated carbocycles. The molecule has 0 spiro atoms. The van der Waals surface area contributed by atoms with Crippen LogP contribution in [0.15, 0.2) is 42.5 Å². The maximum atomic E-state index is 12.9. The summed E-state index contributed by atoms with van der Waals surface area (Å²) in [6.45, 7) is 2.15. The van der Waals surface area contributed by atoms with Crippen LogP contribution in [0, 0.1) is 17.0 Å². The lowest BCUT2D eigenvalue weighted by atomic mass is 10.1. The second-order valence-electron chi connectivity index (χ2n) is 7.25. The van der Waals surface area contributed by atoms with Crippen molar-refractivity contribution >= 4 is 23.3 Å². The number of hydrogen-bond acceptors (Lipinski definition) is 6. The number of anilines is 1. The summed E-state index contributed by atoms with van der Waals surface area (Å²) < 4.78 is 43.7. The number of halogens is 3. The number of nitro benzene ring substituents is 1. The monoisotopic (exact) mass is 451 g/mol. The molecule has 3 rings (SSSR count). The Morgan fingerprint density at radius 1 is 1.09 bits per heavy atom. The number of rotatable bonds is 5. The number of carbonyl (C=O) groups excluding carboxylic acids is 2. The molecule has 1 amide bonds. The molecule has 2 aromatic rings. The average Bonchev–Trinajstić information content (AvgIpc) is 2.77. The third kappa shape index (κ3) is 5.34. The molecule has 0 bridgehead atoms. The highest BCUT2D eigenvalue weighted by Crippen LogP contribution is 2.31. The van der Waals surface area contributed by atoms with Crippen LogP contribution in [0.3, 0.4) is 0 Å². The molecule has 0 aliphatic carbocycles. The number of aryl methyl sites for hydroxylation is 1. The highest BCUT2D eigenvalue weighted by atomic mass is 19.4. The van der Waals surface area contributed by atoms with Crippen molar-refractivity contribution in [3.05, 3.63) is 69.3 Å². The van der Waals surface area contributed by atoms with Crippen molar-refractivity contribution in [3.8, 4) is 0 Å². The van der Waals surface area contributed by atoms with E-state index in [1.165, 1.54) is 30.0 Å². The molecule has 0 atom stereocenters. The van der Waals surface area contributed by atoms with Crippen molar-refractivity contribution in [1.82, 2.24) is 4.90 Å². The summed E-state index contributed by atoms with van der Waals surface area (Å²) in [6, 6.07) is 8.88. The van der Waals surface area contributed by atoms with Crippen LogP contribution in [-0.4, -0.2) is 54.5 Å². The summed E-state index contributed by atoms with van der Waals surface area (Å²) in [5, 5.41) is 11.0. The van der Waals surface area contributed by atoms with Gasteiger partial charge in [0.15, 0.2) is 6.61 Å². The molecule has 0 aromatic heterocycles. The van der Waals surface area contributed by atoms with Crippen LogP contribution in [0.1, 0.15) is 21.5 Å². The summed E-state index contributed by atoms with van der Waals surface area (Å²) in [5.74, 6) is -1.31. The maximum absolute atomic E-state index is 12.9. The Morgan fingerprint density at radius 2 is 1.78 bits per heavy atom. The van der Waals surface area contributed by atoms with Gasteiger partial charge in [-0.2, -0.15) is 13.2 Å². The zero-order chi connectivity index (χ0) is 23.5. The molecule has 32 heavy (non-hydrogen) atoms. The van der Waals surface area contributed by atoms with E-state index >= 15 is 0 Å². The van der Waals surface area contributed by atoms with Gasteiger partial charge in [-0.1, -0.05) is 12.1 Å². The standard InChI is InChI=1S/C21H20F3N3O5/c1-14-5-6-15(11-18(14)27(30)31)20(29)32-13-19(28)26-9-7-25(8-10-26)17-4-2-3-16(12-17)21(22,23)24/h2-6,11-12H,7-10,13H2,1H3. The fourth-order valence-electron chi connectivity index (χ4n) is 3.33. The Hall–Kier alpha value is -3.63. The van der Waals surface area contributed by atoms with Gasteiger partial charge in [-0.15, -0.1) is 0 Å². The van der Waals surface area contributed by atoms with Crippen LogP contribution in [-0.2, 0) is 15.7 Å². The van der Waals surface area contributed by atoms with E-state index in [1.54, 1.807) is 11.0 Å². The number of amides is 1. The van der Waals surface area contributed by atoms with Crippen molar-refractivity contribution in [2.24, 2.45) is 0 Å². The first kappa shape index (κ1) is 23.0. The smallest absolute Gasteiger partial charge is 0.416 e. The van der Waals surface area contributed by atoms with Crippen molar-refractivity contribution < 1.29 is 32.4 Å². The topological polar surface area (TPSA) is 93.0 Å². The van der Waals surface area contributed by atoms with Crippen molar-refractivity contribution in [3.63, 3.8) is 0 Å². The number of hydrogen-bond donors (Lipinski definition) is 0. The molecule has 1 fully saturated rings. The Morgan fingerprint density at radius 3 is 2.41 bits per heavy atom. The zero-order valence-electron chi connectivity index (χ0n) is 17.1. The van der Waals surface area contributed by atoms with Crippen LogP contribution in [0.4, 0.5) is 24.5 Å². The maximum Gasteiger partial charge on any atom is 0.416 e. The summed E-state index contributed by atoms with van der Waals surface area (Å²) >= 11 is 0. The van der Waals surface area contributed by atoms with Crippen LogP contribution in [0.2, 0.25) is 0 Å². The first-order valence-corrected chi connectivity index (χ1v) is 9.68. The van der Waals surface area contributed by atoms with Crippen LogP contribution >= 0.6 is 0 Å². The number of piperazine rings is 1. The second-order valence-corrected chi connectivity index (χ2v) is 7.25. The number of nitrogens with zero attached hydrogens (tertiary/aromatic N) is 3. The molecule has 8 nitrogen and oxygen atoms in total. The normalized spacial score (nSPS) is 14.2. The van der Waals surface area contributed by atoms with Gasteiger partial charge in [0.25, 0.3) is 11.6 Å². The fourth-order valence-corrected chi connectivity index (χ4v) is 3.33. The largest absolute Gasteiger partial charge is 0.452 e. The third-order valence-corrected chi connectivity index (χ3v) is 5.14. The number of benzene rings is 2. The number of ether oxygens (including phenoxy) is 1. The van der Waals surface area contributed by atoms with E-state index in [4.69, 9.17) is 4.74 Å². The predicted molar refractivity (Wildman–Crippen MR) is 108 cm³/mol. The Bertz CT molecular complexity index is 1030. The first-order valence-electron chi connectivity index (χ1n) is 9.68.